The number of nitrogens with one attached hydrogen (secondary N) is 1. The number of nitro benzene ring substituents is 1. The smallest absolute Gasteiger partial charge is 0.313 e. The maximum atomic E-state index is 11.0. The topological polar surface area (TPSA) is 73.6 Å². The molecule has 0 bridgehead atoms. The van der Waals surface area contributed by atoms with E-state index in [1.54, 1.807) is 13.1 Å². The maximum absolute atomic E-state index is 11.0. The van der Waals surface area contributed by atoms with Gasteiger partial charge in [0.25, 0.3) is 0 Å². The van der Waals surface area contributed by atoms with Crippen molar-refractivity contribution in [2.75, 3.05) is 25.6 Å². The van der Waals surface area contributed by atoms with Gasteiger partial charge in [0.05, 0.1) is 23.8 Å². The van der Waals surface area contributed by atoms with Crippen molar-refractivity contribution in [2.45, 2.75) is 26.7 Å². The number of anilines is 1. The van der Waals surface area contributed by atoms with E-state index in [1.807, 2.05) is 13.8 Å². The van der Waals surface area contributed by atoms with Crippen LogP contribution in [0.25, 0.3) is 0 Å². The zero-order valence-electron chi connectivity index (χ0n) is 11.6. The molecule has 0 saturated carbocycles. The Labute approximate surface area is 112 Å². The number of rotatable bonds is 8. The summed E-state index contributed by atoms with van der Waals surface area (Å²) in [7, 11) is 1.70. The molecule has 0 radical (unpaired) electrons. The molecule has 0 heterocycles. The van der Waals surface area contributed by atoms with E-state index in [0.717, 1.165) is 12.8 Å². The van der Waals surface area contributed by atoms with Crippen molar-refractivity contribution in [2.24, 2.45) is 0 Å². The van der Waals surface area contributed by atoms with Crippen LogP contribution < -0.4 is 14.8 Å². The lowest BCUT2D eigenvalue weighted by atomic mass is 10.2. The van der Waals surface area contributed by atoms with Gasteiger partial charge < -0.3 is 14.8 Å². The Balaban J connectivity index is 3.13. The average molecular weight is 268 g/mol. The molecule has 1 aromatic carbocycles. The first-order chi connectivity index (χ1) is 9.13. The molecule has 1 aromatic rings. The molecule has 106 valence electrons. The first kappa shape index (κ1) is 15.1. The van der Waals surface area contributed by atoms with Crippen LogP contribution in [0, 0.1) is 10.1 Å². The Bertz CT molecular complexity index is 435. The van der Waals surface area contributed by atoms with Gasteiger partial charge in [0.1, 0.15) is 5.75 Å². The molecule has 0 unspecified atom stereocenters. The predicted molar refractivity (Wildman–Crippen MR) is 74.2 cm³/mol. The van der Waals surface area contributed by atoms with E-state index in [-0.39, 0.29) is 11.4 Å². The SMILES string of the molecule is CCCOc1cc(OCCC)c([N+](=O)[O-])cc1NC. The van der Waals surface area contributed by atoms with Crippen LogP contribution in [0.2, 0.25) is 0 Å². The highest BCUT2D eigenvalue weighted by atomic mass is 16.6. The molecule has 6 heteroatoms. The average Bonchev–Trinajstić information content (AvgIpc) is 2.42. The van der Waals surface area contributed by atoms with E-state index in [9.17, 15) is 10.1 Å². The van der Waals surface area contributed by atoms with Crippen molar-refractivity contribution >= 4 is 11.4 Å². The number of nitro groups is 1. The summed E-state index contributed by atoms with van der Waals surface area (Å²) in [5, 5.41) is 13.9. The Morgan fingerprint density at radius 3 is 2.21 bits per heavy atom. The van der Waals surface area contributed by atoms with Crippen molar-refractivity contribution in [3.8, 4) is 11.5 Å². The van der Waals surface area contributed by atoms with Gasteiger partial charge in [0, 0.05) is 19.2 Å². The minimum absolute atomic E-state index is 0.0540. The van der Waals surface area contributed by atoms with E-state index in [1.165, 1.54) is 6.07 Å². The molecular weight excluding hydrogens is 248 g/mol. The Morgan fingerprint density at radius 1 is 1.16 bits per heavy atom. The summed E-state index contributed by atoms with van der Waals surface area (Å²) in [4.78, 5) is 10.6. The standard InChI is InChI=1S/C13H20N2O4/c1-4-6-18-12-9-13(19-7-5-2)11(15(16)17)8-10(12)14-3/h8-9,14H,4-7H2,1-3H3. The Kier molecular flexibility index (Phi) is 5.92. The van der Waals surface area contributed by atoms with E-state index >= 15 is 0 Å². The van der Waals surface area contributed by atoms with Crippen molar-refractivity contribution in [3.05, 3.63) is 22.2 Å². The summed E-state index contributed by atoms with van der Waals surface area (Å²) < 4.78 is 11.0. The van der Waals surface area contributed by atoms with E-state index in [2.05, 4.69) is 5.32 Å². The van der Waals surface area contributed by atoms with E-state index < -0.39 is 4.92 Å². The van der Waals surface area contributed by atoms with Gasteiger partial charge in [0.2, 0.25) is 5.75 Å². The molecule has 1 N–H and O–H groups in total. The van der Waals surface area contributed by atoms with E-state index in [4.69, 9.17) is 9.47 Å². The molecule has 0 aliphatic rings. The number of benzene rings is 1. The molecule has 0 fully saturated rings. The molecule has 0 aliphatic heterocycles. The van der Waals surface area contributed by atoms with Crippen LogP contribution in [0.4, 0.5) is 11.4 Å². The van der Waals surface area contributed by atoms with Crippen LogP contribution in [-0.2, 0) is 0 Å². The first-order valence-electron chi connectivity index (χ1n) is 6.39. The van der Waals surface area contributed by atoms with Gasteiger partial charge in [-0.2, -0.15) is 0 Å². The van der Waals surface area contributed by atoms with Gasteiger partial charge in [-0.3, -0.25) is 10.1 Å². The van der Waals surface area contributed by atoms with Crippen LogP contribution in [0.5, 0.6) is 11.5 Å². The van der Waals surface area contributed by atoms with Gasteiger partial charge in [-0.05, 0) is 12.8 Å². The van der Waals surface area contributed by atoms with Gasteiger partial charge in [-0.25, -0.2) is 0 Å². The monoisotopic (exact) mass is 268 g/mol. The van der Waals surface area contributed by atoms with Crippen LogP contribution in [0.15, 0.2) is 12.1 Å². The molecule has 1 rings (SSSR count). The zero-order valence-corrected chi connectivity index (χ0v) is 11.6. The third-order valence-corrected chi connectivity index (χ3v) is 2.45. The molecule has 0 atom stereocenters. The second-order valence-corrected chi connectivity index (χ2v) is 4.02. The molecule has 0 spiro atoms. The molecule has 0 amide bonds. The highest BCUT2D eigenvalue weighted by Crippen LogP contribution is 2.37. The highest BCUT2D eigenvalue weighted by molar-refractivity contribution is 5.66. The molecule has 6 nitrogen and oxygen atoms in total. The van der Waals surface area contributed by atoms with Gasteiger partial charge in [-0.1, -0.05) is 13.8 Å². The highest BCUT2D eigenvalue weighted by Gasteiger charge is 2.19. The normalized spacial score (nSPS) is 10.1. The minimum Gasteiger partial charge on any atom is -0.491 e. The van der Waals surface area contributed by atoms with Crippen LogP contribution in [-0.4, -0.2) is 25.2 Å². The lowest BCUT2D eigenvalue weighted by Gasteiger charge is -2.13. The van der Waals surface area contributed by atoms with Crippen molar-refractivity contribution in [3.63, 3.8) is 0 Å². The second-order valence-electron chi connectivity index (χ2n) is 4.02. The third kappa shape index (κ3) is 4.01. The fourth-order valence-corrected chi connectivity index (χ4v) is 1.55. The lowest BCUT2D eigenvalue weighted by Crippen LogP contribution is -2.04. The predicted octanol–water partition coefficient (Wildman–Crippen LogP) is 3.21. The van der Waals surface area contributed by atoms with Crippen LogP contribution >= 0.6 is 0 Å². The number of hydrogen-bond donors (Lipinski definition) is 1. The number of ether oxygens (including phenoxy) is 2. The Morgan fingerprint density at radius 2 is 1.74 bits per heavy atom. The molecule has 0 aromatic heterocycles. The fraction of sp³-hybridized carbons (Fsp3) is 0.538. The summed E-state index contributed by atoms with van der Waals surface area (Å²) in [5.74, 6) is 0.818. The quantitative estimate of drug-likeness (QED) is 0.579. The lowest BCUT2D eigenvalue weighted by molar-refractivity contribution is -0.385. The molecular formula is C13H20N2O4. The van der Waals surface area contributed by atoms with Gasteiger partial charge >= 0.3 is 5.69 Å². The summed E-state index contributed by atoms with van der Waals surface area (Å²) in [6.45, 7) is 4.94. The van der Waals surface area contributed by atoms with E-state index in [0.29, 0.717) is 24.7 Å². The van der Waals surface area contributed by atoms with Crippen molar-refractivity contribution < 1.29 is 14.4 Å². The molecule has 0 aliphatic carbocycles. The number of hydrogen-bond acceptors (Lipinski definition) is 5. The van der Waals surface area contributed by atoms with Crippen molar-refractivity contribution in [1.82, 2.24) is 0 Å². The maximum Gasteiger partial charge on any atom is 0.313 e. The minimum atomic E-state index is -0.449. The van der Waals surface area contributed by atoms with Crippen LogP contribution in [0.3, 0.4) is 0 Å². The van der Waals surface area contributed by atoms with Gasteiger partial charge in [0.15, 0.2) is 0 Å². The summed E-state index contributed by atoms with van der Waals surface area (Å²) >= 11 is 0. The van der Waals surface area contributed by atoms with Crippen LogP contribution in [0.1, 0.15) is 26.7 Å². The first-order valence-corrected chi connectivity index (χ1v) is 6.39. The zero-order chi connectivity index (χ0) is 14.3. The van der Waals surface area contributed by atoms with Crippen molar-refractivity contribution in [1.29, 1.82) is 0 Å². The summed E-state index contributed by atoms with van der Waals surface area (Å²) in [5.41, 5.74) is 0.533. The molecule has 0 saturated heterocycles. The fourth-order valence-electron chi connectivity index (χ4n) is 1.55. The van der Waals surface area contributed by atoms with Gasteiger partial charge in [-0.15, -0.1) is 0 Å². The Hall–Kier alpha value is -1.98. The summed E-state index contributed by atoms with van der Waals surface area (Å²) in [6.07, 6.45) is 1.65. The largest absolute Gasteiger partial charge is 0.491 e. The summed E-state index contributed by atoms with van der Waals surface area (Å²) in [6, 6.07) is 3.02. The molecule has 19 heavy (non-hydrogen) atoms. The third-order valence-electron chi connectivity index (χ3n) is 2.45. The number of nitrogens with zero attached hydrogens (tertiary/aromatic N) is 1. The second kappa shape index (κ2) is 7.45.